The number of sulfonamides is 1. The van der Waals surface area contributed by atoms with E-state index < -0.39 is 16.1 Å². The van der Waals surface area contributed by atoms with Gasteiger partial charge in [-0.05, 0) is 49.1 Å². The summed E-state index contributed by atoms with van der Waals surface area (Å²) < 4.78 is 36.7. The van der Waals surface area contributed by atoms with E-state index >= 15 is 0 Å². The van der Waals surface area contributed by atoms with Gasteiger partial charge < -0.3 is 19.7 Å². The molecule has 0 saturated heterocycles. The number of rotatable bonds is 14. The number of ether oxygens (including phenoxy) is 2. The van der Waals surface area contributed by atoms with Crippen LogP contribution in [-0.4, -0.2) is 64.7 Å². The first kappa shape index (κ1) is 30.0. The van der Waals surface area contributed by atoms with E-state index in [1.807, 2.05) is 26.0 Å². The predicted molar refractivity (Wildman–Crippen MR) is 145 cm³/mol. The molecule has 37 heavy (non-hydrogen) atoms. The van der Waals surface area contributed by atoms with Gasteiger partial charge in [0.15, 0.2) is 0 Å². The van der Waals surface area contributed by atoms with Gasteiger partial charge in [-0.3, -0.25) is 13.9 Å². The molecule has 204 valence electrons. The van der Waals surface area contributed by atoms with Gasteiger partial charge in [0, 0.05) is 32.1 Å². The molecule has 2 aromatic rings. The van der Waals surface area contributed by atoms with Gasteiger partial charge in [-0.2, -0.15) is 0 Å². The van der Waals surface area contributed by atoms with Crippen LogP contribution in [0.3, 0.4) is 0 Å². The van der Waals surface area contributed by atoms with Crippen molar-refractivity contribution in [1.82, 2.24) is 10.2 Å². The molecular weight excluding hydrogens is 494 g/mol. The second kappa shape index (κ2) is 13.9. The molecule has 0 aliphatic rings. The van der Waals surface area contributed by atoms with Gasteiger partial charge in [-0.25, -0.2) is 8.42 Å². The number of benzene rings is 2. The molecule has 0 radical (unpaired) electrons. The van der Waals surface area contributed by atoms with Gasteiger partial charge >= 0.3 is 0 Å². The summed E-state index contributed by atoms with van der Waals surface area (Å²) in [4.78, 5) is 27.7. The Kier molecular flexibility index (Phi) is 11.2. The Balaban J connectivity index is 2.17. The number of nitrogens with zero attached hydrogens (tertiary/aromatic N) is 2. The van der Waals surface area contributed by atoms with Crippen molar-refractivity contribution >= 4 is 27.5 Å². The zero-order valence-electron chi connectivity index (χ0n) is 22.6. The Bertz CT molecular complexity index is 1140. The highest BCUT2D eigenvalue weighted by Crippen LogP contribution is 2.24. The fourth-order valence-corrected chi connectivity index (χ4v) is 4.69. The van der Waals surface area contributed by atoms with E-state index in [-0.39, 0.29) is 43.7 Å². The maximum atomic E-state index is 13.4. The largest absolute Gasteiger partial charge is 0.497 e. The lowest BCUT2D eigenvalue weighted by Gasteiger charge is -2.29. The van der Waals surface area contributed by atoms with Crippen molar-refractivity contribution in [2.45, 2.75) is 46.2 Å². The number of hydrogen-bond acceptors (Lipinski definition) is 6. The first-order valence-corrected chi connectivity index (χ1v) is 14.1. The van der Waals surface area contributed by atoms with Crippen molar-refractivity contribution in [3.8, 4) is 11.5 Å². The summed E-state index contributed by atoms with van der Waals surface area (Å²) in [6, 6.07) is 13.4. The minimum Gasteiger partial charge on any atom is -0.497 e. The van der Waals surface area contributed by atoms with Crippen LogP contribution in [0.4, 0.5) is 5.69 Å². The molecule has 0 aliphatic heterocycles. The number of hydrogen-bond donors (Lipinski definition) is 1. The van der Waals surface area contributed by atoms with E-state index in [0.717, 1.165) is 11.8 Å². The highest BCUT2D eigenvalue weighted by atomic mass is 32.2. The Labute approximate surface area is 220 Å². The maximum absolute atomic E-state index is 13.4. The quantitative estimate of drug-likeness (QED) is 0.399. The number of amides is 2. The lowest BCUT2D eigenvalue weighted by molar-refractivity contribution is -0.140. The van der Waals surface area contributed by atoms with Gasteiger partial charge in [0.2, 0.25) is 21.8 Å². The van der Waals surface area contributed by atoms with Gasteiger partial charge in [0.25, 0.3) is 0 Å². The molecule has 10 heteroatoms. The van der Waals surface area contributed by atoms with E-state index in [2.05, 4.69) is 5.32 Å². The highest BCUT2D eigenvalue weighted by Gasteiger charge is 2.27. The first-order valence-electron chi connectivity index (χ1n) is 12.3. The molecule has 0 fully saturated rings. The van der Waals surface area contributed by atoms with Gasteiger partial charge in [-0.15, -0.1) is 0 Å². The van der Waals surface area contributed by atoms with Crippen molar-refractivity contribution < 1.29 is 27.5 Å². The Morgan fingerprint density at radius 2 is 1.62 bits per heavy atom. The number of carbonyl (C=O) groups is 2. The molecular formula is C27H39N3O6S. The summed E-state index contributed by atoms with van der Waals surface area (Å²) >= 11 is 0. The zero-order chi connectivity index (χ0) is 27.6. The van der Waals surface area contributed by atoms with Gasteiger partial charge in [0.05, 0.1) is 26.2 Å². The third-order valence-corrected chi connectivity index (χ3v) is 7.05. The Morgan fingerprint density at radius 1 is 0.973 bits per heavy atom. The summed E-state index contributed by atoms with van der Waals surface area (Å²) in [7, 11) is -0.492. The summed E-state index contributed by atoms with van der Waals surface area (Å²) in [5, 5.41) is 2.90. The van der Waals surface area contributed by atoms with Crippen LogP contribution < -0.4 is 19.1 Å². The van der Waals surface area contributed by atoms with Crippen LogP contribution in [0, 0.1) is 5.92 Å². The van der Waals surface area contributed by atoms with E-state index in [4.69, 9.17) is 9.47 Å². The highest BCUT2D eigenvalue weighted by molar-refractivity contribution is 7.92. The summed E-state index contributed by atoms with van der Waals surface area (Å²) in [6.07, 6.45) is 1.49. The van der Waals surface area contributed by atoms with E-state index in [0.29, 0.717) is 23.7 Å². The lowest BCUT2D eigenvalue weighted by atomic mass is 10.1. The smallest absolute Gasteiger partial charge is 0.242 e. The molecule has 1 N–H and O–H groups in total. The fraction of sp³-hybridized carbons (Fsp3) is 0.481. The molecule has 0 spiro atoms. The van der Waals surface area contributed by atoms with Crippen LogP contribution in [0.15, 0.2) is 48.5 Å². The normalized spacial score (nSPS) is 12.1. The van der Waals surface area contributed by atoms with E-state index in [1.165, 1.54) is 16.3 Å². The van der Waals surface area contributed by atoms with E-state index in [9.17, 15) is 18.0 Å². The van der Waals surface area contributed by atoms with Crippen LogP contribution in [-0.2, 0) is 26.2 Å². The van der Waals surface area contributed by atoms with Crippen molar-refractivity contribution in [2.24, 2.45) is 5.92 Å². The third kappa shape index (κ3) is 9.27. The standard InChI is InChI=1S/C27H39N3O6S/c1-20(2)18-28-27(32)21(3)29(19-22-12-14-24(35-4)15-13-22)26(31)11-8-16-30(37(6,33)34)23-9-7-10-25(17-23)36-5/h7,9-10,12-15,17,20-21H,8,11,16,18-19H2,1-6H3,(H,28,32). The second-order valence-corrected chi connectivity index (χ2v) is 11.2. The second-order valence-electron chi connectivity index (χ2n) is 9.32. The summed E-state index contributed by atoms with van der Waals surface area (Å²) in [5.74, 6) is 1.05. The monoisotopic (exact) mass is 533 g/mol. The minimum atomic E-state index is -3.58. The van der Waals surface area contributed by atoms with Crippen molar-refractivity contribution in [3.63, 3.8) is 0 Å². The first-order chi connectivity index (χ1) is 17.5. The summed E-state index contributed by atoms with van der Waals surface area (Å²) in [5.41, 5.74) is 1.32. The van der Waals surface area contributed by atoms with Crippen LogP contribution in [0.1, 0.15) is 39.2 Å². The van der Waals surface area contributed by atoms with Crippen molar-refractivity contribution in [1.29, 1.82) is 0 Å². The van der Waals surface area contributed by atoms with Crippen LogP contribution >= 0.6 is 0 Å². The number of methoxy groups -OCH3 is 2. The molecule has 1 unspecified atom stereocenters. The maximum Gasteiger partial charge on any atom is 0.242 e. The van der Waals surface area contributed by atoms with Gasteiger partial charge in [-0.1, -0.05) is 32.0 Å². The lowest BCUT2D eigenvalue weighted by Crippen LogP contribution is -2.48. The SMILES string of the molecule is COc1ccc(CN(C(=O)CCCN(c2cccc(OC)c2)S(C)(=O)=O)C(C)C(=O)NCC(C)C)cc1. The molecule has 9 nitrogen and oxygen atoms in total. The Morgan fingerprint density at radius 3 is 2.19 bits per heavy atom. The van der Waals surface area contributed by atoms with Gasteiger partial charge in [0.1, 0.15) is 17.5 Å². The molecule has 0 heterocycles. The Hall–Kier alpha value is -3.27. The fourth-order valence-electron chi connectivity index (χ4n) is 3.73. The number of carbonyl (C=O) groups excluding carboxylic acids is 2. The summed E-state index contributed by atoms with van der Waals surface area (Å²) in [6.45, 7) is 6.57. The number of anilines is 1. The molecule has 2 rings (SSSR count). The third-order valence-electron chi connectivity index (χ3n) is 5.86. The molecule has 0 aliphatic carbocycles. The minimum absolute atomic E-state index is 0.0773. The molecule has 2 amide bonds. The van der Waals surface area contributed by atoms with E-state index in [1.54, 1.807) is 50.4 Å². The van der Waals surface area contributed by atoms with Crippen molar-refractivity contribution in [2.75, 3.05) is 37.9 Å². The number of nitrogens with one attached hydrogen (secondary N) is 1. The predicted octanol–water partition coefficient (Wildman–Crippen LogP) is 3.44. The van der Waals surface area contributed by atoms with Crippen LogP contribution in [0.2, 0.25) is 0 Å². The molecule has 0 aromatic heterocycles. The molecule has 2 aromatic carbocycles. The molecule has 0 bridgehead atoms. The van der Waals surface area contributed by atoms with Crippen molar-refractivity contribution in [3.05, 3.63) is 54.1 Å². The molecule has 1 atom stereocenters. The molecule has 0 saturated carbocycles. The zero-order valence-corrected chi connectivity index (χ0v) is 23.4. The topological polar surface area (TPSA) is 105 Å². The van der Waals surface area contributed by atoms with Crippen LogP contribution in [0.25, 0.3) is 0 Å². The van der Waals surface area contributed by atoms with Crippen LogP contribution in [0.5, 0.6) is 11.5 Å². The average Bonchev–Trinajstić information content (AvgIpc) is 2.87. The average molecular weight is 534 g/mol.